The summed E-state index contributed by atoms with van der Waals surface area (Å²) in [5.74, 6) is 0. The van der Waals surface area contributed by atoms with Gasteiger partial charge >= 0.3 is 0 Å². The SMILES string of the molecule is CNC(Cc1cccc(Cl)c1Cl)c1ccoc1Cl. The molecule has 18 heavy (non-hydrogen) atoms. The molecule has 0 saturated carbocycles. The van der Waals surface area contributed by atoms with Crippen LogP contribution in [0, 0.1) is 0 Å². The molecular formula is C13H12Cl3NO. The fourth-order valence-electron chi connectivity index (χ4n) is 1.85. The van der Waals surface area contributed by atoms with E-state index in [1.54, 1.807) is 12.3 Å². The van der Waals surface area contributed by atoms with Crippen LogP contribution in [0.3, 0.4) is 0 Å². The van der Waals surface area contributed by atoms with Crippen LogP contribution in [0.15, 0.2) is 34.9 Å². The van der Waals surface area contributed by atoms with Gasteiger partial charge < -0.3 is 9.73 Å². The molecule has 1 N–H and O–H groups in total. The van der Waals surface area contributed by atoms with Gasteiger partial charge in [0.05, 0.1) is 16.3 Å². The van der Waals surface area contributed by atoms with Crippen molar-refractivity contribution >= 4 is 34.8 Å². The second kappa shape index (κ2) is 5.98. The molecular weight excluding hydrogens is 293 g/mol. The predicted molar refractivity (Wildman–Crippen MR) is 75.7 cm³/mol. The van der Waals surface area contributed by atoms with Crippen molar-refractivity contribution in [1.82, 2.24) is 5.32 Å². The van der Waals surface area contributed by atoms with Crippen LogP contribution in [0.2, 0.25) is 15.3 Å². The van der Waals surface area contributed by atoms with Gasteiger partial charge in [-0.25, -0.2) is 0 Å². The highest BCUT2D eigenvalue weighted by atomic mass is 35.5. The predicted octanol–water partition coefficient (Wildman–Crippen LogP) is 4.74. The van der Waals surface area contributed by atoms with Gasteiger partial charge in [-0.15, -0.1) is 0 Å². The Labute approximate surface area is 121 Å². The minimum absolute atomic E-state index is 0.0345. The van der Waals surface area contributed by atoms with E-state index in [1.807, 2.05) is 25.2 Å². The lowest BCUT2D eigenvalue weighted by atomic mass is 10.0. The summed E-state index contributed by atoms with van der Waals surface area (Å²) < 4.78 is 5.11. The Morgan fingerprint density at radius 2 is 2.00 bits per heavy atom. The molecule has 0 radical (unpaired) electrons. The van der Waals surface area contributed by atoms with Crippen molar-refractivity contribution in [1.29, 1.82) is 0 Å². The van der Waals surface area contributed by atoms with E-state index in [9.17, 15) is 0 Å². The molecule has 0 aliphatic rings. The molecule has 0 saturated heterocycles. The topological polar surface area (TPSA) is 25.2 Å². The van der Waals surface area contributed by atoms with Crippen LogP contribution < -0.4 is 5.32 Å². The van der Waals surface area contributed by atoms with Gasteiger partial charge in [-0.2, -0.15) is 0 Å². The summed E-state index contributed by atoms with van der Waals surface area (Å²) in [6.45, 7) is 0. The maximum Gasteiger partial charge on any atom is 0.197 e. The Morgan fingerprint density at radius 3 is 2.61 bits per heavy atom. The molecule has 1 unspecified atom stereocenters. The van der Waals surface area contributed by atoms with Crippen molar-refractivity contribution < 1.29 is 4.42 Å². The van der Waals surface area contributed by atoms with Crippen LogP contribution in [0.5, 0.6) is 0 Å². The lowest BCUT2D eigenvalue weighted by Gasteiger charge is -2.16. The van der Waals surface area contributed by atoms with Gasteiger partial charge in [0.2, 0.25) is 0 Å². The Kier molecular flexibility index (Phi) is 4.57. The van der Waals surface area contributed by atoms with Gasteiger partial charge in [-0.1, -0.05) is 35.3 Å². The molecule has 5 heteroatoms. The molecule has 0 fully saturated rings. The zero-order chi connectivity index (χ0) is 13.1. The quantitative estimate of drug-likeness (QED) is 0.882. The minimum Gasteiger partial charge on any atom is -0.453 e. The number of hydrogen-bond donors (Lipinski definition) is 1. The Morgan fingerprint density at radius 1 is 1.22 bits per heavy atom. The van der Waals surface area contributed by atoms with Crippen LogP contribution >= 0.6 is 34.8 Å². The van der Waals surface area contributed by atoms with Gasteiger partial charge in [-0.3, -0.25) is 0 Å². The zero-order valence-electron chi connectivity index (χ0n) is 9.71. The Bertz CT molecular complexity index is 539. The third-order valence-electron chi connectivity index (χ3n) is 2.83. The number of furan rings is 1. The number of likely N-dealkylation sites (N-methyl/N-ethyl adjacent to an activating group) is 1. The van der Waals surface area contributed by atoms with Crippen molar-refractivity contribution in [3.8, 4) is 0 Å². The van der Waals surface area contributed by atoms with E-state index in [-0.39, 0.29) is 6.04 Å². The molecule has 0 amide bonds. The highest BCUT2D eigenvalue weighted by Crippen LogP contribution is 2.31. The van der Waals surface area contributed by atoms with E-state index < -0.39 is 0 Å². The van der Waals surface area contributed by atoms with E-state index in [4.69, 9.17) is 39.2 Å². The molecule has 1 aromatic heterocycles. The fourth-order valence-corrected chi connectivity index (χ4v) is 2.49. The first-order valence-corrected chi connectivity index (χ1v) is 6.60. The lowest BCUT2D eigenvalue weighted by molar-refractivity contribution is 0.544. The maximum absolute atomic E-state index is 6.18. The summed E-state index contributed by atoms with van der Waals surface area (Å²) in [5, 5.41) is 4.73. The van der Waals surface area contributed by atoms with E-state index in [0.29, 0.717) is 21.7 Å². The van der Waals surface area contributed by atoms with E-state index in [2.05, 4.69) is 5.32 Å². The average molecular weight is 305 g/mol. The molecule has 1 heterocycles. The summed E-state index contributed by atoms with van der Waals surface area (Å²) >= 11 is 18.2. The summed E-state index contributed by atoms with van der Waals surface area (Å²) in [7, 11) is 1.87. The summed E-state index contributed by atoms with van der Waals surface area (Å²) in [5.41, 5.74) is 1.89. The highest BCUT2D eigenvalue weighted by molar-refractivity contribution is 6.42. The third-order valence-corrected chi connectivity index (χ3v) is 3.99. The van der Waals surface area contributed by atoms with Gasteiger partial charge in [0.1, 0.15) is 0 Å². The van der Waals surface area contributed by atoms with Crippen molar-refractivity contribution in [2.24, 2.45) is 0 Å². The monoisotopic (exact) mass is 303 g/mol. The third kappa shape index (κ3) is 2.83. The Balaban J connectivity index is 2.26. The van der Waals surface area contributed by atoms with Crippen molar-refractivity contribution in [2.45, 2.75) is 12.5 Å². The molecule has 96 valence electrons. The van der Waals surface area contributed by atoms with E-state index >= 15 is 0 Å². The maximum atomic E-state index is 6.18. The first-order chi connectivity index (χ1) is 8.63. The van der Waals surface area contributed by atoms with Crippen LogP contribution in [0.1, 0.15) is 17.2 Å². The van der Waals surface area contributed by atoms with Crippen molar-refractivity contribution in [3.05, 3.63) is 56.9 Å². The summed E-state index contributed by atoms with van der Waals surface area (Å²) in [6.07, 6.45) is 2.26. The molecule has 2 nitrogen and oxygen atoms in total. The molecule has 0 spiro atoms. The zero-order valence-corrected chi connectivity index (χ0v) is 12.0. The molecule has 0 aliphatic carbocycles. The fraction of sp³-hybridized carbons (Fsp3) is 0.231. The number of nitrogens with one attached hydrogen (secondary N) is 1. The number of rotatable bonds is 4. The van der Waals surface area contributed by atoms with Gasteiger partial charge in [0, 0.05) is 11.6 Å². The first-order valence-electron chi connectivity index (χ1n) is 5.46. The first kappa shape index (κ1) is 13.8. The van der Waals surface area contributed by atoms with Crippen LogP contribution in [-0.2, 0) is 6.42 Å². The lowest BCUT2D eigenvalue weighted by Crippen LogP contribution is -2.18. The van der Waals surface area contributed by atoms with Gasteiger partial charge in [0.25, 0.3) is 0 Å². The normalized spacial score (nSPS) is 12.7. The van der Waals surface area contributed by atoms with Crippen LogP contribution in [0.4, 0.5) is 0 Å². The summed E-state index contributed by atoms with van der Waals surface area (Å²) in [6, 6.07) is 7.49. The standard InChI is InChI=1S/C13H12Cl3NO/c1-17-11(9-5-6-18-13(9)16)7-8-3-2-4-10(14)12(8)15/h2-6,11,17H,7H2,1H3. The Hall–Kier alpha value is -0.670. The van der Waals surface area contributed by atoms with Crippen LogP contribution in [-0.4, -0.2) is 7.05 Å². The second-order valence-electron chi connectivity index (χ2n) is 3.91. The molecule has 2 rings (SSSR count). The van der Waals surface area contributed by atoms with E-state index in [0.717, 1.165) is 11.1 Å². The van der Waals surface area contributed by atoms with Gasteiger partial charge in [-0.05, 0) is 42.8 Å². The molecule has 0 bridgehead atoms. The molecule has 1 aromatic carbocycles. The second-order valence-corrected chi connectivity index (χ2v) is 5.04. The van der Waals surface area contributed by atoms with Crippen LogP contribution in [0.25, 0.3) is 0 Å². The largest absolute Gasteiger partial charge is 0.453 e. The molecule has 0 aliphatic heterocycles. The summed E-state index contributed by atoms with van der Waals surface area (Å²) in [4.78, 5) is 0. The number of halogens is 3. The number of hydrogen-bond acceptors (Lipinski definition) is 2. The van der Waals surface area contributed by atoms with Crippen molar-refractivity contribution in [2.75, 3.05) is 7.05 Å². The molecule has 2 aromatic rings. The highest BCUT2D eigenvalue weighted by Gasteiger charge is 2.17. The average Bonchev–Trinajstić information content (AvgIpc) is 2.77. The van der Waals surface area contributed by atoms with Gasteiger partial charge in [0.15, 0.2) is 5.22 Å². The molecule has 1 atom stereocenters. The smallest absolute Gasteiger partial charge is 0.197 e. The van der Waals surface area contributed by atoms with Crippen molar-refractivity contribution in [3.63, 3.8) is 0 Å². The minimum atomic E-state index is 0.0345. The number of benzene rings is 1. The van der Waals surface area contributed by atoms with E-state index in [1.165, 1.54) is 0 Å².